The molecule has 1 aromatic rings. The summed E-state index contributed by atoms with van der Waals surface area (Å²) in [6.45, 7) is 2.33. The van der Waals surface area contributed by atoms with E-state index in [1.54, 1.807) is 10.9 Å². The summed E-state index contributed by atoms with van der Waals surface area (Å²) < 4.78 is 23.5. The molecular weight excluding hydrogens is 214 g/mol. The lowest BCUT2D eigenvalue weighted by atomic mass is 10.1. The second-order valence-corrected chi connectivity index (χ2v) is 6.18. The molecule has 0 aliphatic rings. The first-order valence-electron chi connectivity index (χ1n) is 4.81. The standard InChI is InChI=1S/C9H17N3O2S/c1-8(10)5-9-6-11-12(7-9)3-4-15(2,13)14/h6-8H,3-5,10H2,1-2H3. The monoisotopic (exact) mass is 231 g/mol. The van der Waals surface area contributed by atoms with Crippen molar-refractivity contribution in [2.24, 2.45) is 5.73 Å². The Morgan fingerprint density at radius 2 is 2.27 bits per heavy atom. The van der Waals surface area contributed by atoms with Crippen LogP contribution in [0, 0.1) is 0 Å². The predicted molar refractivity (Wildman–Crippen MR) is 59.3 cm³/mol. The highest BCUT2D eigenvalue weighted by Gasteiger charge is 2.05. The van der Waals surface area contributed by atoms with Crippen LogP contribution in [0.5, 0.6) is 0 Å². The lowest BCUT2D eigenvalue weighted by molar-refractivity contribution is 0.586. The van der Waals surface area contributed by atoms with Gasteiger partial charge in [-0.1, -0.05) is 0 Å². The van der Waals surface area contributed by atoms with E-state index in [9.17, 15) is 8.42 Å². The van der Waals surface area contributed by atoms with Crippen LogP contribution in [0.15, 0.2) is 12.4 Å². The van der Waals surface area contributed by atoms with E-state index < -0.39 is 9.84 Å². The Morgan fingerprint density at radius 3 is 2.80 bits per heavy atom. The molecule has 1 unspecified atom stereocenters. The molecule has 0 radical (unpaired) electrons. The molecule has 1 heterocycles. The molecule has 1 aromatic heterocycles. The number of hydrogen-bond donors (Lipinski definition) is 1. The molecule has 1 rings (SSSR count). The Bertz CT molecular complexity index is 409. The zero-order valence-corrected chi connectivity index (χ0v) is 9.87. The number of aryl methyl sites for hydroxylation is 1. The van der Waals surface area contributed by atoms with Gasteiger partial charge in [-0.15, -0.1) is 0 Å². The molecule has 6 heteroatoms. The maximum absolute atomic E-state index is 10.9. The van der Waals surface area contributed by atoms with E-state index in [-0.39, 0.29) is 11.8 Å². The number of nitrogens with two attached hydrogens (primary N) is 1. The summed E-state index contributed by atoms with van der Waals surface area (Å²) in [5.74, 6) is 0.117. The molecule has 15 heavy (non-hydrogen) atoms. The zero-order chi connectivity index (χ0) is 11.5. The van der Waals surface area contributed by atoms with Gasteiger partial charge >= 0.3 is 0 Å². The predicted octanol–water partition coefficient (Wildman–Crippen LogP) is -0.183. The summed E-state index contributed by atoms with van der Waals surface area (Å²) in [5.41, 5.74) is 6.68. The normalized spacial score (nSPS) is 14.1. The molecule has 5 nitrogen and oxygen atoms in total. The molecule has 1 atom stereocenters. The van der Waals surface area contributed by atoms with Gasteiger partial charge in [0.05, 0.1) is 18.5 Å². The highest BCUT2D eigenvalue weighted by atomic mass is 32.2. The van der Waals surface area contributed by atoms with E-state index >= 15 is 0 Å². The van der Waals surface area contributed by atoms with Gasteiger partial charge in [-0.25, -0.2) is 8.42 Å². The molecule has 0 aliphatic heterocycles. The SMILES string of the molecule is CC(N)Cc1cnn(CCS(C)(=O)=O)c1. The first kappa shape index (κ1) is 12.2. The summed E-state index contributed by atoms with van der Waals surface area (Å²) in [5, 5.41) is 4.07. The van der Waals surface area contributed by atoms with E-state index in [1.807, 2.05) is 13.1 Å². The van der Waals surface area contributed by atoms with E-state index in [0.717, 1.165) is 12.0 Å². The highest BCUT2D eigenvalue weighted by molar-refractivity contribution is 7.90. The summed E-state index contributed by atoms with van der Waals surface area (Å²) >= 11 is 0. The maximum atomic E-state index is 10.9. The van der Waals surface area contributed by atoms with Gasteiger partial charge in [0.1, 0.15) is 9.84 Å². The lowest BCUT2D eigenvalue weighted by Crippen LogP contribution is -2.17. The molecular formula is C9H17N3O2S. The van der Waals surface area contributed by atoms with Crippen LogP contribution in [0.4, 0.5) is 0 Å². The van der Waals surface area contributed by atoms with Gasteiger partial charge in [-0.3, -0.25) is 4.68 Å². The Labute approximate surface area is 90.2 Å². The van der Waals surface area contributed by atoms with E-state index in [4.69, 9.17) is 5.73 Å². The van der Waals surface area contributed by atoms with Gasteiger partial charge in [-0.2, -0.15) is 5.10 Å². The number of nitrogens with zero attached hydrogens (tertiary/aromatic N) is 2. The second kappa shape index (κ2) is 4.76. The first-order valence-corrected chi connectivity index (χ1v) is 6.87. The number of hydrogen-bond acceptors (Lipinski definition) is 4. The molecule has 0 bridgehead atoms. The summed E-state index contributed by atoms with van der Waals surface area (Å²) in [7, 11) is -2.92. The van der Waals surface area contributed by atoms with Crippen molar-refractivity contribution in [2.75, 3.05) is 12.0 Å². The van der Waals surface area contributed by atoms with Gasteiger partial charge in [0.15, 0.2) is 0 Å². The molecule has 86 valence electrons. The summed E-state index contributed by atoms with van der Waals surface area (Å²) in [6.07, 6.45) is 5.55. The fourth-order valence-corrected chi connectivity index (χ4v) is 1.78. The Hall–Kier alpha value is -0.880. The van der Waals surface area contributed by atoms with Gasteiger partial charge in [0, 0.05) is 18.5 Å². The van der Waals surface area contributed by atoms with Gasteiger partial charge in [0.2, 0.25) is 0 Å². The van der Waals surface area contributed by atoms with Crippen molar-refractivity contribution < 1.29 is 8.42 Å². The quantitative estimate of drug-likeness (QED) is 0.762. The van der Waals surface area contributed by atoms with Crippen LogP contribution >= 0.6 is 0 Å². The van der Waals surface area contributed by atoms with Crippen LogP contribution in [-0.2, 0) is 22.8 Å². The number of rotatable bonds is 5. The average molecular weight is 231 g/mol. The van der Waals surface area contributed by atoms with Crippen molar-refractivity contribution >= 4 is 9.84 Å². The minimum absolute atomic E-state index is 0.0950. The van der Waals surface area contributed by atoms with Crippen molar-refractivity contribution in [3.05, 3.63) is 18.0 Å². The third-order valence-electron chi connectivity index (χ3n) is 1.94. The average Bonchev–Trinajstić information content (AvgIpc) is 2.46. The van der Waals surface area contributed by atoms with Crippen LogP contribution in [0.1, 0.15) is 12.5 Å². The third-order valence-corrected chi connectivity index (χ3v) is 2.86. The Morgan fingerprint density at radius 1 is 1.60 bits per heavy atom. The first-order chi connectivity index (χ1) is 6.87. The Kier molecular flexibility index (Phi) is 3.87. The van der Waals surface area contributed by atoms with Crippen LogP contribution in [0.3, 0.4) is 0 Å². The van der Waals surface area contributed by atoms with Crippen LogP contribution in [0.2, 0.25) is 0 Å². The second-order valence-electron chi connectivity index (χ2n) is 3.92. The summed E-state index contributed by atoms with van der Waals surface area (Å²) in [4.78, 5) is 0. The van der Waals surface area contributed by atoms with Crippen molar-refractivity contribution in [1.82, 2.24) is 9.78 Å². The van der Waals surface area contributed by atoms with Gasteiger partial charge in [-0.05, 0) is 18.9 Å². The third kappa shape index (κ3) is 4.94. The minimum Gasteiger partial charge on any atom is -0.328 e. The van der Waals surface area contributed by atoms with Crippen molar-refractivity contribution in [2.45, 2.75) is 25.9 Å². The lowest BCUT2D eigenvalue weighted by Gasteiger charge is -2.01. The minimum atomic E-state index is -2.92. The van der Waals surface area contributed by atoms with E-state index in [1.165, 1.54) is 6.26 Å². The molecule has 2 N–H and O–H groups in total. The molecule has 0 aliphatic carbocycles. The number of aromatic nitrogens is 2. The summed E-state index contributed by atoms with van der Waals surface area (Å²) in [6, 6.07) is 0.0950. The van der Waals surface area contributed by atoms with Gasteiger partial charge < -0.3 is 5.73 Å². The van der Waals surface area contributed by atoms with Crippen LogP contribution in [0.25, 0.3) is 0 Å². The molecule has 0 saturated heterocycles. The molecule has 0 saturated carbocycles. The fraction of sp³-hybridized carbons (Fsp3) is 0.667. The van der Waals surface area contributed by atoms with E-state index in [0.29, 0.717) is 6.54 Å². The molecule has 0 aromatic carbocycles. The smallest absolute Gasteiger partial charge is 0.149 e. The molecule has 0 fully saturated rings. The van der Waals surface area contributed by atoms with Gasteiger partial charge in [0.25, 0.3) is 0 Å². The fourth-order valence-electron chi connectivity index (χ4n) is 1.27. The van der Waals surface area contributed by atoms with Crippen LogP contribution < -0.4 is 5.73 Å². The van der Waals surface area contributed by atoms with Crippen LogP contribution in [-0.4, -0.2) is 36.2 Å². The molecule has 0 spiro atoms. The van der Waals surface area contributed by atoms with Crippen molar-refractivity contribution in [1.29, 1.82) is 0 Å². The topological polar surface area (TPSA) is 78.0 Å². The maximum Gasteiger partial charge on any atom is 0.149 e. The Balaban J connectivity index is 2.53. The van der Waals surface area contributed by atoms with E-state index in [2.05, 4.69) is 5.10 Å². The largest absolute Gasteiger partial charge is 0.328 e. The van der Waals surface area contributed by atoms with Crippen molar-refractivity contribution in [3.8, 4) is 0 Å². The number of sulfone groups is 1. The zero-order valence-electron chi connectivity index (χ0n) is 9.05. The molecule has 0 amide bonds. The van der Waals surface area contributed by atoms with Crippen molar-refractivity contribution in [3.63, 3.8) is 0 Å². The highest BCUT2D eigenvalue weighted by Crippen LogP contribution is 2.01.